The topological polar surface area (TPSA) is 171 Å². The van der Waals surface area contributed by atoms with Gasteiger partial charge in [0.2, 0.25) is 5.91 Å². The Morgan fingerprint density at radius 3 is 2.52 bits per heavy atom. The number of nitrogens with zero attached hydrogens (tertiary/aromatic N) is 1. The summed E-state index contributed by atoms with van der Waals surface area (Å²) in [6.45, 7) is 0. The van der Waals surface area contributed by atoms with Crippen molar-refractivity contribution in [3.8, 4) is 0 Å². The molecule has 0 spiro atoms. The Kier molecular flexibility index (Phi) is 5.96. The lowest BCUT2D eigenvalue weighted by atomic mass is 9.88. The highest BCUT2D eigenvalue weighted by molar-refractivity contribution is 8.01. The summed E-state index contributed by atoms with van der Waals surface area (Å²) in [4.78, 5) is 74.7. The first-order valence-electron chi connectivity index (χ1n) is 9.05. The molecule has 0 unspecified atom stereocenters. The molecule has 0 aromatic rings. The van der Waals surface area contributed by atoms with E-state index in [9.17, 15) is 28.8 Å². The Labute approximate surface area is 169 Å². The lowest BCUT2D eigenvalue weighted by Gasteiger charge is -2.31. The zero-order chi connectivity index (χ0) is 21.2. The second-order valence-corrected chi connectivity index (χ2v) is 8.26. The maximum Gasteiger partial charge on any atom is 0.411 e. The maximum atomic E-state index is 12.6. The number of hydroxylamine groups is 2. The highest BCUT2D eigenvalue weighted by Crippen LogP contribution is 2.44. The number of unbranched alkanes of at least 4 members (excludes halogenated alkanes) is 1. The molecule has 3 rings (SSSR count). The van der Waals surface area contributed by atoms with Crippen LogP contribution in [0.1, 0.15) is 38.5 Å². The molecular formula is C16H20N4O8S. The van der Waals surface area contributed by atoms with Gasteiger partial charge in [0, 0.05) is 25.0 Å². The van der Waals surface area contributed by atoms with E-state index in [0.717, 1.165) is 0 Å². The van der Waals surface area contributed by atoms with Gasteiger partial charge in [0.1, 0.15) is 4.75 Å². The molecule has 0 aromatic heterocycles. The summed E-state index contributed by atoms with van der Waals surface area (Å²) in [5.74, 6) is -2.15. The Morgan fingerprint density at radius 2 is 1.86 bits per heavy atom. The van der Waals surface area contributed by atoms with Gasteiger partial charge >= 0.3 is 18.1 Å². The van der Waals surface area contributed by atoms with E-state index in [1.807, 2.05) is 5.32 Å². The molecule has 3 saturated heterocycles. The molecular weight excluding hydrogens is 408 g/mol. The summed E-state index contributed by atoms with van der Waals surface area (Å²) in [6.07, 6.45) is -0.697. The number of rotatable bonds is 7. The molecule has 0 aromatic carbocycles. The number of thioether (sulfide) groups is 1. The summed E-state index contributed by atoms with van der Waals surface area (Å²) in [6, 6.07) is -1.30. The van der Waals surface area contributed by atoms with E-state index in [0.29, 0.717) is 17.2 Å². The molecule has 3 aliphatic rings. The number of carboxylic acid groups (broad SMARTS) is 1. The van der Waals surface area contributed by atoms with Crippen LogP contribution in [0.5, 0.6) is 0 Å². The predicted molar refractivity (Wildman–Crippen MR) is 96.2 cm³/mol. The van der Waals surface area contributed by atoms with E-state index in [2.05, 4.69) is 10.6 Å². The van der Waals surface area contributed by atoms with Gasteiger partial charge in [-0.05, 0) is 12.8 Å². The molecule has 0 aliphatic carbocycles. The fourth-order valence-electron chi connectivity index (χ4n) is 3.66. The molecule has 3 fully saturated rings. The molecule has 3 aliphatic heterocycles. The smallest absolute Gasteiger partial charge is 0.411 e. The molecule has 0 radical (unpaired) electrons. The molecule has 3 heterocycles. The quantitative estimate of drug-likeness (QED) is 0.237. The van der Waals surface area contributed by atoms with E-state index in [-0.39, 0.29) is 38.1 Å². The Hall–Kier alpha value is -2.83. The third kappa shape index (κ3) is 4.28. The van der Waals surface area contributed by atoms with Crippen molar-refractivity contribution < 1.29 is 38.7 Å². The number of imide groups is 2. The third-order valence-corrected chi connectivity index (χ3v) is 6.70. The van der Waals surface area contributed by atoms with E-state index >= 15 is 0 Å². The first kappa shape index (κ1) is 20.9. The molecule has 6 amide bonds. The minimum Gasteiger partial charge on any atom is -0.465 e. The van der Waals surface area contributed by atoms with Gasteiger partial charge in [-0.3, -0.25) is 19.7 Å². The summed E-state index contributed by atoms with van der Waals surface area (Å²) >= 11 is 1.25. The second-order valence-electron chi connectivity index (χ2n) is 6.91. The van der Waals surface area contributed by atoms with Crippen LogP contribution >= 0.6 is 11.8 Å². The average molecular weight is 428 g/mol. The van der Waals surface area contributed by atoms with Crippen molar-refractivity contribution >= 4 is 47.6 Å². The standard InChI is InChI=1S/C16H20N4O8S/c21-9-4-5-10(22)20(9)28-11(23)3-1-2-6-16(13(24)19-15(26)27)12-8(7-29-16)17-14(25)18-12/h8,12H,1-7H2,(H,19,24)(H,26,27)(H2,17,18,25)/t8-,12-,16-/m0/s1. The SMILES string of the molecule is O=C(O)NC(=O)[C@@]1(CCCCC(=O)ON2C(=O)CCC2=O)SC[C@@H]2NC(=O)N[C@@H]21. The van der Waals surface area contributed by atoms with Crippen molar-refractivity contribution in [3.63, 3.8) is 0 Å². The fourth-order valence-corrected chi connectivity index (χ4v) is 5.28. The second kappa shape index (κ2) is 8.27. The van der Waals surface area contributed by atoms with Gasteiger partial charge in [0.15, 0.2) is 0 Å². The maximum absolute atomic E-state index is 12.6. The van der Waals surface area contributed by atoms with E-state index in [1.54, 1.807) is 0 Å². The lowest BCUT2D eigenvalue weighted by molar-refractivity contribution is -0.197. The van der Waals surface area contributed by atoms with Gasteiger partial charge in [-0.15, -0.1) is 16.8 Å². The van der Waals surface area contributed by atoms with Crippen LogP contribution in [-0.4, -0.2) is 68.6 Å². The van der Waals surface area contributed by atoms with Crippen molar-refractivity contribution in [3.05, 3.63) is 0 Å². The molecule has 0 saturated carbocycles. The van der Waals surface area contributed by atoms with Gasteiger partial charge in [0.25, 0.3) is 11.8 Å². The molecule has 3 atom stereocenters. The van der Waals surface area contributed by atoms with Crippen LogP contribution in [0.15, 0.2) is 0 Å². The minimum atomic E-state index is -1.49. The van der Waals surface area contributed by atoms with E-state index in [1.165, 1.54) is 11.8 Å². The van der Waals surface area contributed by atoms with Crippen molar-refractivity contribution in [2.45, 2.75) is 55.4 Å². The number of carbonyl (C=O) groups excluding carboxylic acids is 5. The zero-order valence-electron chi connectivity index (χ0n) is 15.3. The molecule has 4 N–H and O–H groups in total. The molecule has 29 heavy (non-hydrogen) atoms. The number of carbonyl (C=O) groups is 6. The Bertz CT molecular complexity index is 758. The first-order chi connectivity index (χ1) is 13.7. The highest BCUT2D eigenvalue weighted by atomic mass is 32.2. The van der Waals surface area contributed by atoms with Crippen molar-refractivity contribution in [1.82, 2.24) is 21.0 Å². The fraction of sp³-hybridized carbons (Fsp3) is 0.625. The van der Waals surface area contributed by atoms with Crippen LogP contribution in [0.25, 0.3) is 0 Å². The van der Waals surface area contributed by atoms with Crippen LogP contribution in [0.2, 0.25) is 0 Å². The first-order valence-corrected chi connectivity index (χ1v) is 10.0. The summed E-state index contributed by atoms with van der Waals surface area (Å²) in [5.41, 5.74) is 0. The van der Waals surface area contributed by atoms with Gasteiger partial charge < -0.3 is 20.6 Å². The Morgan fingerprint density at radius 1 is 1.17 bits per heavy atom. The summed E-state index contributed by atoms with van der Waals surface area (Å²) in [7, 11) is 0. The minimum absolute atomic E-state index is 0.00680. The number of nitrogens with one attached hydrogen (secondary N) is 3. The van der Waals surface area contributed by atoms with Gasteiger partial charge in [0.05, 0.1) is 12.1 Å². The zero-order valence-corrected chi connectivity index (χ0v) is 16.1. The van der Waals surface area contributed by atoms with Crippen LogP contribution in [0, 0.1) is 0 Å². The van der Waals surface area contributed by atoms with Crippen LogP contribution in [0.4, 0.5) is 9.59 Å². The van der Waals surface area contributed by atoms with Crippen LogP contribution in [0.3, 0.4) is 0 Å². The van der Waals surface area contributed by atoms with E-state index in [4.69, 9.17) is 9.94 Å². The average Bonchev–Trinajstić information content (AvgIpc) is 3.28. The lowest BCUT2D eigenvalue weighted by Crippen LogP contribution is -2.56. The third-order valence-electron chi connectivity index (χ3n) is 5.01. The van der Waals surface area contributed by atoms with Gasteiger partial charge in [-0.1, -0.05) is 6.42 Å². The highest BCUT2D eigenvalue weighted by Gasteiger charge is 2.57. The molecule has 0 bridgehead atoms. The monoisotopic (exact) mass is 428 g/mol. The normalized spacial score (nSPS) is 28.0. The van der Waals surface area contributed by atoms with Crippen molar-refractivity contribution in [2.75, 3.05) is 5.75 Å². The van der Waals surface area contributed by atoms with Crippen molar-refractivity contribution in [2.24, 2.45) is 0 Å². The Balaban J connectivity index is 1.55. The number of hydrogen-bond donors (Lipinski definition) is 4. The number of amides is 6. The number of hydrogen-bond acceptors (Lipinski definition) is 8. The number of fused-ring (bicyclic) bond motifs is 1. The number of urea groups is 1. The summed E-state index contributed by atoms with van der Waals surface area (Å²) < 4.78 is -1.19. The summed E-state index contributed by atoms with van der Waals surface area (Å²) in [5, 5.41) is 16.6. The van der Waals surface area contributed by atoms with Crippen LogP contribution in [-0.2, 0) is 24.0 Å². The van der Waals surface area contributed by atoms with Crippen molar-refractivity contribution in [1.29, 1.82) is 0 Å². The predicted octanol–water partition coefficient (Wildman–Crippen LogP) is -0.516. The van der Waals surface area contributed by atoms with Gasteiger partial charge in [-0.25, -0.2) is 14.4 Å². The van der Waals surface area contributed by atoms with Crippen LogP contribution < -0.4 is 16.0 Å². The molecule has 12 nitrogen and oxygen atoms in total. The molecule has 13 heteroatoms. The van der Waals surface area contributed by atoms with Gasteiger partial charge in [-0.2, -0.15) is 0 Å². The largest absolute Gasteiger partial charge is 0.465 e. The van der Waals surface area contributed by atoms with E-state index < -0.39 is 46.6 Å². The molecule has 158 valence electrons.